The summed E-state index contributed by atoms with van der Waals surface area (Å²) >= 11 is 0. The third-order valence-electron chi connectivity index (χ3n) is 5.87. The summed E-state index contributed by atoms with van der Waals surface area (Å²) in [5.74, 6) is -0.318. The number of nitrogens with two attached hydrogens (primary N) is 1. The molecule has 3 rings (SSSR count). The summed E-state index contributed by atoms with van der Waals surface area (Å²) < 4.78 is 26.7. The summed E-state index contributed by atoms with van der Waals surface area (Å²) in [5, 5.41) is 0. The van der Waals surface area contributed by atoms with Crippen molar-refractivity contribution >= 4 is 15.9 Å². The zero-order valence-corrected chi connectivity index (χ0v) is 14.1. The van der Waals surface area contributed by atoms with E-state index in [4.69, 9.17) is 5.73 Å². The second kappa shape index (κ2) is 5.78. The maximum atomic E-state index is 12.6. The molecule has 0 aromatic rings. The molecule has 2 atom stereocenters. The van der Waals surface area contributed by atoms with Gasteiger partial charge < -0.3 is 5.73 Å². The van der Waals surface area contributed by atoms with Gasteiger partial charge in [0.2, 0.25) is 10.0 Å². The molecule has 1 amide bonds. The Bertz CT molecular complexity index is 542. The van der Waals surface area contributed by atoms with Gasteiger partial charge in [-0.25, -0.2) is 8.42 Å². The highest BCUT2D eigenvalue weighted by molar-refractivity contribution is 7.91. The van der Waals surface area contributed by atoms with E-state index < -0.39 is 26.2 Å². The van der Waals surface area contributed by atoms with E-state index in [1.165, 1.54) is 25.7 Å². The van der Waals surface area contributed by atoms with Crippen LogP contribution < -0.4 is 10.5 Å². The minimum atomic E-state index is -3.58. The van der Waals surface area contributed by atoms with Crippen LogP contribution in [0.3, 0.4) is 0 Å². The number of carbonyl (C=O) groups excluding carboxylic acids is 1. The van der Waals surface area contributed by atoms with E-state index in [1.807, 2.05) is 0 Å². The zero-order valence-electron chi connectivity index (χ0n) is 13.3. The summed E-state index contributed by atoms with van der Waals surface area (Å²) in [7, 11) is -3.58. The summed E-state index contributed by atoms with van der Waals surface area (Å²) in [4.78, 5) is 12.3. The molecule has 1 saturated heterocycles. The molecule has 3 aliphatic rings. The first-order chi connectivity index (χ1) is 10.4. The summed E-state index contributed by atoms with van der Waals surface area (Å²) in [5.41, 5.74) is 5.19. The zero-order chi connectivity index (χ0) is 15.8. The van der Waals surface area contributed by atoms with Crippen molar-refractivity contribution in [3.05, 3.63) is 0 Å². The molecule has 5 nitrogen and oxygen atoms in total. The number of sulfonamides is 1. The van der Waals surface area contributed by atoms with Crippen molar-refractivity contribution in [1.29, 1.82) is 0 Å². The predicted molar refractivity (Wildman–Crippen MR) is 85.6 cm³/mol. The van der Waals surface area contributed by atoms with Crippen LogP contribution in [-0.2, 0) is 14.8 Å². The van der Waals surface area contributed by atoms with Gasteiger partial charge in [-0.15, -0.1) is 0 Å². The molecule has 1 aliphatic heterocycles. The molecular weight excluding hydrogens is 300 g/mol. The van der Waals surface area contributed by atoms with E-state index in [1.54, 1.807) is 0 Å². The lowest BCUT2D eigenvalue weighted by Gasteiger charge is -2.19. The Morgan fingerprint density at radius 1 is 0.955 bits per heavy atom. The number of rotatable bonds is 0. The van der Waals surface area contributed by atoms with Gasteiger partial charge >= 0.3 is 0 Å². The standard InChI is InChI=1S/C16H28N2O3S/c17-16-12-13(16)8-6-4-2-1-3-5-7-9-15(10-11-15)22(20,21)18-14(16)19/h13H,1-12,17H2,(H,18,19)/t13-,16-/m1/s1. The molecular formula is C16H28N2O3S. The molecule has 0 unspecified atom stereocenters. The van der Waals surface area contributed by atoms with Crippen LogP contribution >= 0.6 is 0 Å². The third-order valence-corrected chi connectivity index (χ3v) is 8.07. The van der Waals surface area contributed by atoms with Gasteiger partial charge in [0.25, 0.3) is 5.91 Å². The van der Waals surface area contributed by atoms with E-state index >= 15 is 0 Å². The highest BCUT2D eigenvalue weighted by atomic mass is 32.2. The molecule has 3 N–H and O–H groups in total. The van der Waals surface area contributed by atoms with Crippen molar-refractivity contribution < 1.29 is 13.2 Å². The lowest BCUT2D eigenvalue weighted by atomic mass is 10.0. The summed E-state index contributed by atoms with van der Waals surface area (Å²) in [6.07, 6.45) is 11.6. The van der Waals surface area contributed by atoms with Gasteiger partial charge in [-0.05, 0) is 38.0 Å². The van der Waals surface area contributed by atoms with Crippen molar-refractivity contribution in [3.8, 4) is 0 Å². The van der Waals surface area contributed by atoms with Gasteiger partial charge in [0.05, 0.1) is 10.3 Å². The minimum Gasteiger partial charge on any atom is -0.317 e. The predicted octanol–water partition coefficient (Wildman–Crippen LogP) is 2.21. The quantitative estimate of drug-likeness (QED) is 0.713. The third kappa shape index (κ3) is 3.04. The van der Waals surface area contributed by atoms with Crippen LogP contribution in [0.5, 0.6) is 0 Å². The maximum absolute atomic E-state index is 12.6. The van der Waals surface area contributed by atoms with Crippen LogP contribution in [0, 0.1) is 5.92 Å². The number of nitrogens with one attached hydrogen (secondary N) is 1. The van der Waals surface area contributed by atoms with Crippen LogP contribution in [0.1, 0.15) is 77.0 Å². The van der Waals surface area contributed by atoms with Crippen molar-refractivity contribution in [2.75, 3.05) is 0 Å². The molecule has 3 fully saturated rings. The highest BCUT2D eigenvalue weighted by Gasteiger charge is 2.60. The Labute approximate surface area is 133 Å². The normalized spacial score (nSPS) is 38.2. The maximum Gasteiger partial charge on any atom is 0.253 e. The Morgan fingerprint density at radius 2 is 1.55 bits per heavy atom. The van der Waals surface area contributed by atoms with E-state index in [-0.39, 0.29) is 5.92 Å². The first-order valence-electron chi connectivity index (χ1n) is 8.75. The lowest BCUT2D eigenvalue weighted by molar-refractivity contribution is -0.121. The van der Waals surface area contributed by atoms with Crippen molar-refractivity contribution in [3.63, 3.8) is 0 Å². The van der Waals surface area contributed by atoms with E-state index in [9.17, 15) is 13.2 Å². The Hall–Kier alpha value is -0.620. The van der Waals surface area contributed by atoms with Crippen molar-refractivity contribution in [2.45, 2.75) is 87.3 Å². The van der Waals surface area contributed by atoms with Crippen molar-refractivity contribution in [2.24, 2.45) is 11.7 Å². The molecule has 1 heterocycles. The van der Waals surface area contributed by atoms with E-state index in [0.717, 1.165) is 25.7 Å². The number of amides is 1. The molecule has 126 valence electrons. The van der Waals surface area contributed by atoms with Crippen LogP contribution in [0.15, 0.2) is 0 Å². The Kier molecular flexibility index (Phi) is 4.27. The topological polar surface area (TPSA) is 89.3 Å². The molecule has 6 heteroatoms. The second-order valence-electron chi connectivity index (χ2n) is 7.57. The van der Waals surface area contributed by atoms with Crippen molar-refractivity contribution in [1.82, 2.24) is 4.72 Å². The molecule has 22 heavy (non-hydrogen) atoms. The first-order valence-corrected chi connectivity index (χ1v) is 10.2. The molecule has 0 aromatic heterocycles. The van der Waals surface area contributed by atoms with Crippen LogP contribution in [0.25, 0.3) is 0 Å². The van der Waals surface area contributed by atoms with Gasteiger partial charge in [-0.2, -0.15) is 0 Å². The van der Waals surface area contributed by atoms with E-state index in [2.05, 4.69) is 4.72 Å². The average molecular weight is 328 g/mol. The summed E-state index contributed by atoms with van der Waals surface area (Å²) in [6, 6.07) is 0. The van der Waals surface area contributed by atoms with Crippen LogP contribution in [0.2, 0.25) is 0 Å². The van der Waals surface area contributed by atoms with Gasteiger partial charge in [-0.1, -0.05) is 44.9 Å². The molecule has 2 saturated carbocycles. The monoisotopic (exact) mass is 328 g/mol. The first kappa shape index (κ1) is 16.2. The largest absolute Gasteiger partial charge is 0.317 e. The number of hydrogen-bond acceptors (Lipinski definition) is 4. The fourth-order valence-corrected chi connectivity index (χ4v) is 5.53. The SMILES string of the molecule is N[C@]12C[C@H]1CCCCCCCCCC1(CC1)S(=O)(=O)NC2=O. The molecule has 2 aliphatic carbocycles. The fourth-order valence-electron chi connectivity index (χ4n) is 3.83. The number of fused-ring (bicyclic) bond motifs is 1. The smallest absolute Gasteiger partial charge is 0.253 e. The lowest BCUT2D eigenvalue weighted by Crippen LogP contribution is -2.50. The van der Waals surface area contributed by atoms with Gasteiger partial charge in [0.15, 0.2) is 0 Å². The fraction of sp³-hybridized carbons (Fsp3) is 0.938. The van der Waals surface area contributed by atoms with Crippen LogP contribution in [0.4, 0.5) is 0 Å². The molecule has 0 radical (unpaired) electrons. The van der Waals surface area contributed by atoms with Gasteiger partial charge in [-0.3, -0.25) is 9.52 Å². The van der Waals surface area contributed by atoms with Gasteiger partial charge in [0, 0.05) is 0 Å². The molecule has 0 bridgehead atoms. The Balaban J connectivity index is 1.70. The van der Waals surface area contributed by atoms with Gasteiger partial charge in [0.1, 0.15) is 0 Å². The molecule has 0 aromatic carbocycles. The average Bonchev–Trinajstić information content (AvgIpc) is 3.34. The number of hydrogen-bond donors (Lipinski definition) is 2. The van der Waals surface area contributed by atoms with E-state index in [0.29, 0.717) is 25.7 Å². The highest BCUT2D eigenvalue weighted by Crippen LogP contribution is 2.49. The molecule has 1 spiro atoms. The minimum absolute atomic E-state index is 0.156. The van der Waals surface area contributed by atoms with Crippen LogP contribution in [-0.4, -0.2) is 24.6 Å². The Morgan fingerprint density at radius 3 is 2.18 bits per heavy atom. The summed E-state index contributed by atoms with van der Waals surface area (Å²) in [6.45, 7) is 0. The second-order valence-corrected chi connectivity index (χ2v) is 9.65. The number of carbonyl (C=O) groups is 1.